The van der Waals surface area contributed by atoms with Crippen molar-refractivity contribution in [3.8, 4) is 0 Å². The van der Waals surface area contributed by atoms with Crippen LogP contribution < -0.4 is 5.63 Å². The molecule has 7 nitrogen and oxygen atoms in total. The first-order valence-electron chi connectivity index (χ1n) is 14.6. The fourth-order valence-electron chi connectivity index (χ4n) is 9.60. The second-order valence-electron chi connectivity index (χ2n) is 13.4. The summed E-state index contributed by atoms with van der Waals surface area (Å²) in [7, 11) is 2.10. The van der Waals surface area contributed by atoms with Gasteiger partial charge in [0.15, 0.2) is 0 Å². The molecule has 204 valence electrons. The zero-order valence-corrected chi connectivity index (χ0v) is 22.8. The number of nitrogens with zero attached hydrogens (tertiary/aromatic N) is 2. The lowest BCUT2D eigenvalue weighted by Crippen LogP contribution is -2.62. The fraction of sp³-hybridized carbons (Fsp3) is 0.800. The van der Waals surface area contributed by atoms with Crippen molar-refractivity contribution in [1.82, 2.24) is 9.80 Å². The Bertz CT molecular complexity index is 1060. The minimum atomic E-state index is -0.685. The minimum absolute atomic E-state index is 0.0160. The van der Waals surface area contributed by atoms with Crippen LogP contribution in [0, 0.1) is 28.6 Å². The van der Waals surface area contributed by atoms with Crippen molar-refractivity contribution in [3.05, 3.63) is 34.4 Å². The van der Waals surface area contributed by atoms with Gasteiger partial charge in [0, 0.05) is 37.7 Å². The molecule has 2 heterocycles. The molecule has 1 amide bonds. The number of hydrogen-bond donors (Lipinski definition) is 1. The van der Waals surface area contributed by atoms with Gasteiger partial charge in [-0.25, -0.2) is 9.59 Å². The van der Waals surface area contributed by atoms with Gasteiger partial charge in [0.1, 0.15) is 6.10 Å². The van der Waals surface area contributed by atoms with Gasteiger partial charge in [-0.2, -0.15) is 0 Å². The van der Waals surface area contributed by atoms with Crippen molar-refractivity contribution in [2.45, 2.75) is 89.3 Å². The van der Waals surface area contributed by atoms with Gasteiger partial charge in [0.25, 0.3) is 0 Å². The number of carbonyl (C=O) groups excluding carboxylic acids is 1. The molecular formula is C30H44N2O5. The highest BCUT2D eigenvalue weighted by Gasteiger charge is 2.67. The molecule has 1 N–H and O–H groups in total. The smallest absolute Gasteiger partial charge is 0.410 e. The van der Waals surface area contributed by atoms with Gasteiger partial charge in [-0.1, -0.05) is 13.8 Å². The Balaban J connectivity index is 1.15. The summed E-state index contributed by atoms with van der Waals surface area (Å²) in [6, 6.07) is 3.42. The summed E-state index contributed by atoms with van der Waals surface area (Å²) in [6.07, 6.45) is 10.5. The summed E-state index contributed by atoms with van der Waals surface area (Å²) in [5.41, 5.74) is 0.0389. The molecule has 0 radical (unpaired) electrons. The molecule has 5 fully saturated rings. The molecule has 0 bridgehead atoms. The van der Waals surface area contributed by atoms with Gasteiger partial charge >= 0.3 is 11.7 Å². The molecule has 0 aromatic carbocycles. The maximum atomic E-state index is 12.8. The van der Waals surface area contributed by atoms with Crippen LogP contribution in [0.1, 0.15) is 83.1 Å². The molecular weight excluding hydrogens is 468 g/mol. The van der Waals surface area contributed by atoms with E-state index in [1.165, 1.54) is 6.07 Å². The lowest BCUT2D eigenvalue weighted by atomic mass is 9.43. The van der Waals surface area contributed by atoms with Crippen molar-refractivity contribution in [1.29, 1.82) is 0 Å². The van der Waals surface area contributed by atoms with Gasteiger partial charge in [0.2, 0.25) is 0 Å². The Morgan fingerprint density at radius 3 is 2.51 bits per heavy atom. The monoisotopic (exact) mass is 512 g/mol. The molecule has 1 aromatic rings. The van der Waals surface area contributed by atoms with E-state index in [2.05, 4.69) is 25.8 Å². The van der Waals surface area contributed by atoms with Crippen molar-refractivity contribution >= 4 is 6.09 Å². The summed E-state index contributed by atoms with van der Waals surface area (Å²) in [5, 5.41) is 12.4. The van der Waals surface area contributed by atoms with E-state index in [1.807, 2.05) is 11.0 Å². The maximum Gasteiger partial charge on any atom is 0.410 e. The summed E-state index contributed by atoms with van der Waals surface area (Å²) >= 11 is 0. The number of piperazine rings is 1. The largest absolute Gasteiger partial charge is 0.446 e. The second-order valence-corrected chi connectivity index (χ2v) is 13.4. The molecule has 8 atom stereocenters. The van der Waals surface area contributed by atoms with E-state index in [-0.39, 0.29) is 34.6 Å². The average Bonchev–Trinajstić information content (AvgIpc) is 3.16. The van der Waals surface area contributed by atoms with Gasteiger partial charge in [-0.3, -0.25) is 0 Å². The van der Waals surface area contributed by atoms with Crippen molar-refractivity contribution < 1.29 is 19.1 Å². The topological polar surface area (TPSA) is 83.2 Å². The molecule has 4 aliphatic carbocycles. The zero-order valence-electron chi connectivity index (χ0n) is 22.8. The standard InChI is InChI=1S/C30H44N2O5/c1-28-11-8-22(37-27(34)32-16-14-31(3)15-17-32)18-21(28)5-6-25-24(28)9-12-29(2)23(10-13-30(25,29)35)20-4-7-26(33)36-19-20/h4,7,19,21-25,35H,5-6,8-18H2,1-3H3/t21-,22+,23-,24?,25-,28+,29-,30+/m1/s1. The Hall–Kier alpha value is -1.86. The third-order valence-electron chi connectivity index (χ3n) is 12.0. The van der Waals surface area contributed by atoms with Crippen LogP contribution in [0.4, 0.5) is 4.79 Å². The van der Waals surface area contributed by atoms with E-state index in [0.717, 1.165) is 89.5 Å². The van der Waals surface area contributed by atoms with Crippen LogP contribution in [0.3, 0.4) is 0 Å². The van der Waals surface area contributed by atoms with Crippen LogP contribution in [-0.2, 0) is 4.74 Å². The molecule has 37 heavy (non-hydrogen) atoms. The van der Waals surface area contributed by atoms with Crippen molar-refractivity contribution in [2.24, 2.45) is 28.6 Å². The average molecular weight is 513 g/mol. The van der Waals surface area contributed by atoms with Crippen LogP contribution in [0.15, 0.2) is 27.6 Å². The molecule has 6 rings (SSSR count). The van der Waals surface area contributed by atoms with E-state index in [1.54, 1.807) is 6.26 Å². The van der Waals surface area contributed by atoms with E-state index >= 15 is 0 Å². The third kappa shape index (κ3) is 3.98. The van der Waals surface area contributed by atoms with Gasteiger partial charge in [-0.05, 0) is 106 Å². The highest BCUT2D eigenvalue weighted by Crippen LogP contribution is 2.70. The summed E-state index contributed by atoms with van der Waals surface area (Å²) < 4.78 is 11.3. The molecule has 1 aliphatic heterocycles. The maximum absolute atomic E-state index is 12.8. The SMILES string of the molecule is CN1CCN(C(=O)O[C@H]2CC[C@]3(C)C4CC[C@]5(C)[C@@H](c6ccc(=O)oc6)CC[C@]5(O)[C@@H]4CC[C@@H]3C2)CC1. The van der Waals surface area contributed by atoms with Crippen LogP contribution in [-0.4, -0.2) is 65.9 Å². The Kier molecular flexibility index (Phi) is 6.26. The van der Waals surface area contributed by atoms with E-state index < -0.39 is 5.60 Å². The number of likely N-dealkylation sites (N-methyl/N-ethyl adjacent to an activating group) is 1. The van der Waals surface area contributed by atoms with Crippen molar-refractivity contribution in [3.63, 3.8) is 0 Å². The number of hydrogen-bond acceptors (Lipinski definition) is 6. The Morgan fingerprint density at radius 2 is 1.78 bits per heavy atom. The summed E-state index contributed by atoms with van der Waals surface area (Å²) in [5.74, 6) is 1.57. The lowest BCUT2D eigenvalue weighted by Gasteiger charge is -2.63. The molecule has 5 aliphatic rings. The second kappa shape index (κ2) is 9.11. The zero-order chi connectivity index (χ0) is 26.0. The third-order valence-corrected chi connectivity index (χ3v) is 12.0. The molecule has 1 aromatic heterocycles. The van der Waals surface area contributed by atoms with E-state index in [9.17, 15) is 14.7 Å². The fourth-order valence-corrected chi connectivity index (χ4v) is 9.60. The number of fused-ring (bicyclic) bond motifs is 5. The quantitative estimate of drug-likeness (QED) is 0.622. The highest BCUT2D eigenvalue weighted by molar-refractivity contribution is 5.68. The minimum Gasteiger partial charge on any atom is -0.446 e. The van der Waals surface area contributed by atoms with E-state index in [4.69, 9.17) is 9.15 Å². The van der Waals surface area contributed by atoms with Crippen molar-refractivity contribution in [2.75, 3.05) is 33.2 Å². The number of ether oxygens (including phenoxy) is 1. The predicted octanol–water partition coefficient (Wildman–Crippen LogP) is 4.63. The van der Waals surface area contributed by atoms with E-state index in [0.29, 0.717) is 17.8 Å². The Morgan fingerprint density at radius 1 is 1.00 bits per heavy atom. The van der Waals surface area contributed by atoms with Crippen LogP contribution in [0.5, 0.6) is 0 Å². The predicted molar refractivity (Wildman–Crippen MR) is 140 cm³/mol. The normalized spacial score (nSPS) is 44.0. The first kappa shape index (κ1) is 25.4. The summed E-state index contributed by atoms with van der Waals surface area (Å²) in [4.78, 5) is 28.5. The van der Waals surface area contributed by atoms with Crippen LogP contribution in [0.2, 0.25) is 0 Å². The number of amides is 1. The number of aliphatic hydroxyl groups is 1. The van der Waals surface area contributed by atoms with Gasteiger partial charge in [0.05, 0.1) is 11.9 Å². The van der Waals surface area contributed by atoms with Gasteiger partial charge in [-0.15, -0.1) is 0 Å². The molecule has 1 saturated heterocycles. The number of rotatable bonds is 2. The first-order valence-corrected chi connectivity index (χ1v) is 14.6. The van der Waals surface area contributed by atoms with Crippen LogP contribution in [0.25, 0.3) is 0 Å². The van der Waals surface area contributed by atoms with Crippen LogP contribution >= 0.6 is 0 Å². The first-order chi connectivity index (χ1) is 17.6. The number of carbonyl (C=O) groups is 1. The molecule has 4 saturated carbocycles. The lowest BCUT2D eigenvalue weighted by molar-refractivity contribution is -0.205. The van der Waals surface area contributed by atoms with Gasteiger partial charge < -0.3 is 24.1 Å². The highest BCUT2D eigenvalue weighted by atomic mass is 16.6. The summed E-state index contributed by atoms with van der Waals surface area (Å²) in [6.45, 7) is 8.07. The Labute approximate surface area is 220 Å². The molecule has 7 heteroatoms. The molecule has 1 unspecified atom stereocenters. The molecule has 0 spiro atoms.